The fraction of sp³-hybridized carbons (Fsp3) is 0.500. The molecular weight excluding hydrogens is 462 g/mol. The number of anilines is 2. The molecule has 0 unspecified atom stereocenters. The lowest BCUT2D eigenvalue weighted by Gasteiger charge is -2.38. The molecule has 188 valence electrons. The third kappa shape index (κ3) is 5.77. The largest absolute Gasteiger partial charge is 0.393 e. The Kier molecular flexibility index (Phi) is 8.26. The molecule has 2 aliphatic rings. The van der Waals surface area contributed by atoms with Crippen LogP contribution in [0.4, 0.5) is 11.6 Å². The summed E-state index contributed by atoms with van der Waals surface area (Å²) in [6.07, 6.45) is 4.96. The number of benzene rings is 1. The molecule has 0 spiro atoms. The van der Waals surface area contributed by atoms with Crippen LogP contribution in [0.3, 0.4) is 0 Å². The molecule has 1 N–H and O–H groups in total. The SMILES string of the molecule is Cc1nn(Cc2ccccc2)c(C)c1CN1CCN(c2nccnc2N2CCC(O)CC2)CC1.Cl. The molecule has 35 heavy (non-hydrogen) atoms. The van der Waals surface area contributed by atoms with E-state index in [-0.39, 0.29) is 18.5 Å². The predicted molar refractivity (Wildman–Crippen MR) is 141 cm³/mol. The van der Waals surface area contributed by atoms with Crippen LogP contribution < -0.4 is 9.80 Å². The molecule has 4 heterocycles. The van der Waals surface area contributed by atoms with Gasteiger partial charge in [-0.15, -0.1) is 12.4 Å². The van der Waals surface area contributed by atoms with Gasteiger partial charge in [-0.2, -0.15) is 5.10 Å². The maximum absolute atomic E-state index is 9.87. The van der Waals surface area contributed by atoms with Crippen LogP contribution in [0, 0.1) is 13.8 Å². The molecule has 0 saturated carbocycles. The van der Waals surface area contributed by atoms with Gasteiger partial charge in [-0.25, -0.2) is 9.97 Å². The molecule has 0 radical (unpaired) electrons. The normalized spacial score (nSPS) is 17.5. The van der Waals surface area contributed by atoms with Crippen LogP contribution in [0.15, 0.2) is 42.7 Å². The number of nitrogens with zero attached hydrogens (tertiary/aromatic N) is 7. The quantitative estimate of drug-likeness (QED) is 0.561. The third-order valence-corrected chi connectivity index (χ3v) is 7.18. The highest BCUT2D eigenvalue weighted by Crippen LogP contribution is 2.28. The number of aliphatic hydroxyl groups excluding tert-OH is 1. The summed E-state index contributed by atoms with van der Waals surface area (Å²) in [6, 6.07) is 10.5. The van der Waals surface area contributed by atoms with Crippen molar-refractivity contribution in [3.8, 4) is 0 Å². The predicted octanol–water partition coefficient (Wildman–Crippen LogP) is 3.04. The zero-order chi connectivity index (χ0) is 23.5. The zero-order valence-corrected chi connectivity index (χ0v) is 21.5. The van der Waals surface area contributed by atoms with Crippen LogP contribution in [0.25, 0.3) is 0 Å². The van der Waals surface area contributed by atoms with Gasteiger partial charge in [0, 0.05) is 69.5 Å². The lowest BCUT2D eigenvalue weighted by Crippen LogP contribution is -2.47. The number of aliphatic hydroxyl groups is 1. The van der Waals surface area contributed by atoms with Gasteiger partial charge < -0.3 is 14.9 Å². The van der Waals surface area contributed by atoms with Crippen LogP contribution in [0.2, 0.25) is 0 Å². The van der Waals surface area contributed by atoms with Gasteiger partial charge in [-0.05, 0) is 32.3 Å². The zero-order valence-electron chi connectivity index (χ0n) is 20.7. The van der Waals surface area contributed by atoms with E-state index < -0.39 is 0 Å². The van der Waals surface area contributed by atoms with Crippen LogP contribution in [0.5, 0.6) is 0 Å². The van der Waals surface area contributed by atoms with Crippen LogP contribution in [-0.2, 0) is 13.1 Å². The average molecular weight is 498 g/mol. The fourth-order valence-electron chi connectivity index (χ4n) is 5.06. The lowest BCUT2D eigenvalue weighted by molar-refractivity contribution is 0.145. The standard InChI is InChI=1S/C26H35N7O.ClH/c1-20-24(21(2)33(29-20)18-22-6-4-3-5-7-22)19-30-14-16-32(17-15-30)26-25(27-10-11-28-26)31-12-8-23(34)9-13-31;/h3-7,10-11,23,34H,8-9,12-19H2,1-2H3;1H. The summed E-state index contributed by atoms with van der Waals surface area (Å²) in [4.78, 5) is 16.5. The molecule has 0 atom stereocenters. The monoisotopic (exact) mass is 497 g/mol. The van der Waals surface area contributed by atoms with E-state index in [2.05, 4.69) is 68.5 Å². The topological polar surface area (TPSA) is 73.6 Å². The van der Waals surface area contributed by atoms with Crippen molar-refractivity contribution in [1.29, 1.82) is 0 Å². The Balaban J connectivity index is 0.00000289. The van der Waals surface area contributed by atoms with Crippen LogP contribution in [0.1, 0.15) is 35.4 Å². The molecule has 9 heteroatoms. The minimum atomic E-state index is -0.191. The number of aromatic nitrogens is 4. The second kappa shape index (κ2) is 11.4. The first-order chi connectivity index (χ1) is 16.6. The van der Waals surface area contributed by atoms with Crippen molar-refractivity contribution in [2.75, 3.05) is 49.1 Å². The second-order valence-corrected chi connectivity index (χ2v) is 9.48. The lowest BCUT2D eigenvalue weighted by atomic mass is 10.1. The van der Waals surface area contributed by atoms with Gasteiger partial charge in [0.2, 0.25) is 0 Å². The minimum Gasteiger partial charge on any atom is -0.393 e. The van der Waals surface area contributed by atoms with Crippen molar-refractivity contribution in [2.45, 2.75) is 45.9 Å². The molecule has 0 aliphatic carbocycles. The van der Waals surface area contributed by atoms with E-state index in [9.17, 15) is 5.11 Å². The van der Waals surface area contributed by atoms with E-state index in [1.54, 1.807) is 12.4 Å². The number of piperazine rings is 1. The number of halogens is 1. The van der Waals surface area contributed by atoms with Crippen molar-refractivity contribution in [3.05, 3.63) is 65.2 Å². The van der Waals surface area contributed by atoms with Gasteiger partial charge in [-0.3, -0.25) is 9.58 Å². The molecule has 8 nitrogen and oxygen atoms in total. The van der Waals surface area contributed by atoms with Gasteiger partial charge >= 0.3 is 0 Å². The summed E-state index contributed by atoms with van der Waals surface area (Å²) >= 11 is 0. The number of aryl methyl sites for hydroxylation is 1. The number of hydrogen-bond acceptors (Lipinski definition) is 7. The Labute approximate surface area is 214 Å². The Morgan fingerprint density at radius 1 is 0.829 bits per heavy atom. The summed E-state index contributed by atoms with van der Waals surface area (Å²) < 4.78 is 2.14. The van der Waals surface area contributed by atoms with Crippen LogP contribution in [-0.4, -0.2) is 75.1 Å². The summed E-state index contributed by atoms with van der Waals surface area (Å²) in [5.41, 5.74) is 5.00. The number of rotatable bonds is 6. The maximum atomic E-state index is 9.87. The highest BCUT2D eigenvalue weighted by atomic mass is 35.5. The maximum Gasteiger partial charge on any atom is 0.172 e. The first-order valence-electron chi connectivity index (χ1n) is 12.4. The molecule has 2 saturated heterocycles. The molecule has 2 fully saturated rings. The molecule has 2 aromatic heterocycles. The van der Waals surface area contributed by atoms with Gasteiger partial charge in [0.05, 0.1) is 18.3 Å². The van der Waals surface area contributed by atoms with Crippen LogP contribution >= 0.6 is 12.4 Å². The van der Waals surface area contributed by atoms with Crippen molar-refractivity contribution >= 4 is 24.0 Å². The minimum absolute atomic E-state index is 0. The second-order valence-electron chi connectivity index (χ2n) is 9.48. The van der Waals surface area contributed by atoms with E-state index in [1.807, 2.05) is 0 Å². The Hall–Kier alpha value is -2.68. The summed E-state index contributed by atoms with van der Waals surface area (Å²) in [5, 5.41) is 14.7. The van der Waals surface area contributed by atoms with Gasteiger partial charge in [0.1, 0.15) is 0 Å². The Morgan fingerprint density at radius 3 is 2.06 bits per heavy atom. The fourth-order valence-corrected chi connectivity index (χ4v) is 5.06. The molecule has 2 aliphatic heterocycles. The molecule has 0 amide bonds. The van der Waals surface area contributed by atoms with Gasteiger partial charge in [0.15, 0.2) is 11.6 Å². The number of piperidine rings is 1. The highest BCUT2D eigenvalue weighted by molar-refractivity contribution is 5.85. The summed E-state index contributed by atoms with van der Waals surface area (Å²) in [6.45, 7) is 11.5. The van der Waals surface area contributed by atoms with Crippen molar-refractivity contribution in [2.24, 2.45) is 0 Å². The molecule has 1 aromatic carbocycles. The summed E-state index contributed by atoms with van der Waals surface area (Å²) in [7, 11) is 0. The Bertz CT molecular complexity index is 1090. The number of hydrogen-bond donors (Lipinski definition) is 1. The third-order valence-electron chi connectivity index (χ3n) is 7.18. The summed E-state index contributed by atoms with van der Waals surface area (Å²) in [5.74, 6) is 1.93. The Morgan fingerprint density at radius 2 is 1.43 bits per heavy atom. The average Bonchev–Trinajstić information content (AvgIpc) is 3.13. The molecule has 5 rings (SSSR count). The molecular formula is C26H36ClN7O. The van der Waals surface area contributed by atoms with Gasteiger partial charge in [0.25, 0.3) is 0 Å². The van der Waals surface area contributed by atoms with E-state index >= 15 is 0 Å². The van der Waals surface area contributed by atoms with E-state index in [4.69, 9.17) is 10.1 Å². The highest BCUT2D eigenvalue weighted by Gasteiger charge is 2.26. The van der Waals surface area contributed by atoms with Crippen molar-refractivity contribution in [3.63, 3.8) is 0 Å². The smallest absolute Gasteiger partial charge is 0.172 e. The first kappa shape index (κ1) is 25.4. The molecule has 0 bridgehead atoms. The van der Waals surface area contributed by atoms with E-state index in [1.165, 1.54) is 16.8 Å². The van der Waals surface area contributed by atoms with E-state index in [0.29, 0.717) is 0 Å². The molecule has 3 aromatic rings. The van der Waals surface area contributed by atoms with E-state index in [0.717, 1.165) is 82.5 Å². The van der Waals surface area contributed by atoms with Gasteiger partial charge in [-0.1, -0.05) is 30.3 Å². The first-order valence-corrected chi connectivity index (χ1v) is 12.4. The van der Waals surface area contributed by atoms with Crippen molar-refractivity contribution < 1.29 is 5.11 Å². The van der Waals surface area contributed by atoms with Crippen molar-refractivity contribution in [1.82, 2.24) is 24.6 Å².